The molecule has 106 valence electrons. The van der Waals surface area contributed by atoms with Crippen molar-refractivity contribution in [2.45, 2.75) is 0 Å². The van der Waals surface area contributed by atoms with Crippen molar-refractivity contribution < 1.29 is 9.15 Å². The van der Waals surface area contributed by atoms with Crippen molar-refractivity contribution in [1.82, 2.24) is 14.9 Å². The van der Waals surface area contributed by atoms with E-state index < -0.39 is 0 Å². The SMILES string of the molecule is COc1ccccc1-c1n[nH]c(=S)n1N=Cc1ccco1. The van der Waals surface area contributed by atoms with Gasteiger partial charge in [-0.25, -0.2) is 5.10 Å². The maximum Gasteiger partial charge on any atom is 0.216 e. The highest BCUT2D eigenvalue weighted by Crippen LogP contribution is 2.27. The van der Waals surface area contributed by atoms with E-state index in [1.165, 1.54) is 4.68 Å². The zero-order valence-corrected chi connectivity index (χ0v) is 12.0. The van der Waals surface area contributed by atoms with Crippen molar-refractivity contribution in [2.75, 3.05) is 7.11 Å². The van der Waals surface area contributed by atoms with Crippen LogP contribution in [-0.4, -0.2) is 28.2 Å². The normalized spacial score (nSPS) is 11.1. The number of rotatable bonds is 4. The first-order chi connectivity index (χ1) is 10.3. The summed E-state index contributed by atoms with van der Waals surface area (Å²) in [6.07, 6.45) is 3.15. The van der Waals surface area contributed by atoms with E-state index in [1.807, 2.05) is 24.3 Å². The van der Waals surface area contributed by atoms with Crippen molar-refractivity contribution >= 4 is 18.4 Å². The number of hydrogen-bond acceptors (Lipinski definition) is 5. The minimum atomic E-state index is 0.388. The number of furan rings is 1. The zero-order valence-electron chi connectivity index (χ0n) is 11.2. The van der Waals surface area contributed by atoms with Gasteiger partial charge in [-0.05, 0) is 36.5 Å². The Balaban J connectivity index is 2.07. The van der Waals surface area contributed by atoms with Gasteiger partial charge in [0.15, 0.2) is 5.82 Å². The average Bonchev–Trinajstić information content (AvgIpc) is 3.15. The molecule has 0 spiro atoms. The number of benzene rings is 1. The summed E-state index contributed by atoms with van der Waals surface area (Å²) < 4.78 is 12.5. The molecular formula is C14H12N4O2S. The number of ether oxygens (including phenoxy) is 1. The molecule has 0 radical (unpaired) electrons. The number of nitrogens with one attached hydrogen (secondary N) is 1. The molecule has 3 aromatic rings. The van der Waals surface area contributed by atoms with Crippen LogP contribution in [0.4, 0.5) is 0 Å². The molecule has 2 heterocycles. The number of para-hydroxylation sites is 1. The van der Waals surface area contributed by atoms with Crippen molar-refractivity contribution in [3.05, 3.63) is 53.2 Å². The van der Waals surface area contributed by atoms with Crippen LogP contribution in [0, 0.1) is 4.77 Å². The minimum absolute atomic E-state index is 0.388. The van der Waals surface area contributed by atoms with Crippen LogP contribution in [-0.2, 0) is 0 Å². The second-order valence-electron chi connectivity index (χ2n) is 4.12. The molecule has 0 fully saturated rings. The van der Waals surface area contributed by atoms with Crippen LogP contribution in [0.5, 0.6) is 5.75 Å². The molecule has 0 unspecified atom stereocenters. The number of methoxy groups -OCH3 is 1. The summed E-state index contributed by atoms with van der Waals surface area (Å²) >= 11 is 5.21. The van der Waals surface area contributed by atoms with Crippen LogP contribution in [0.15, 0.2) is 52.2 Å². The van der Waals surface area contributed by atoms with Gasteiger partial charge in [0.05, 0.1) is 25.2 Å². The van der Waals surface area contributed by atoms with E-state index in [-0.39, 0.29) is 0 Å². The van der Waals surface area contributed by atoms with E-state index >= 15 is 0 Å². The smallest absolute Gasteiger partial charge is 0.216 e. The molecule has 1 aromatic carbocycles. The Morgan fingerprint density at radius 1 is 1.33 bits per heavy atom. The lowest BCUT2D eigenvalue weighted by Gasteiger charge is -2.06. The highest BCUT2D eigenvalue weighted by molar-refractivity contribution is 7.71. The molecule has 0 aliphatic rings. The molecule has 0 aliphatic heterocycles. The standard InChI is InChI=1S/C14H12N4O2S/c1-19-12-7-3-2-6-11(12)13-16-17-14(21)18(13)15-9-10-5-4-8-20-10/h2-9H,1H3,(H,17,21). The third-order valence-corrected chi connectivity index (χ3v) is 3.11. The van der Waals surface area contributed by atoms with E-state index in [1.54, 1.807) is 31.7 Å². The molecular weight excluding hydrogens is 288 g/mol. The van der Waals surface area contributed by atoms with Gasteiger partial charge >= 0.3 is 0 Å². The second-order valence-corrected chi connectivity index (χ2v) is 4.51. The van der Waals surface area contributed by atoms with Crippen LogP contribution in [0.1, 0.15) is 5.76 Å². The fourth-order valence-electron chi connectivity index (χ4n) is 1.88. The van der Waals surface area contributed by atoms with Gasteiger partial charge in [0, 0.05) is 0 Å². The molecule has 0 atom stereocenters. The van der Waals surface area contributed by atoms with Crippen LogP contribution in [0.25, 0.3) is 11.4 Å². The molecule has 0 amide bonds. The average molecular weight is 300 g/mol. The third-order valence-electron chi connectivity index (χ3n) is 2.84. The molecule has 7 heteroatoms. The first-order valence-corrected chi connectivity index (χ1v) is 6.59. The molecule has 3 rings (SSSR count). The van der Waals surface area contributed by atoms with E-state index in [9.17, 15) is 0 Å². The fourth-order valence-corrected chi connectivity index (χ4v) is 2.06. The Bertz CT molecular complexity index is 818. The molecule has 2 aromatic heterocycles. The molecule has 0 saturated heterocycles. The summed E-state index contributed by atoms with van der Waals surface area (Å²) in [6, 6.07) is 11.1. The Kier molecular flexibility index (Phi) is 3.65. The summed E-state index contributed by atoms with van der Waals surface area (Å²) in [5.74, 6) is 1.89. The van der Waals surface area contributed by atoms with Crippen LogP contribution < -0.4 is 4.74 Å². The van der Waals surface area contributed by atoms with Gasteiger partial charge in [-0.3, -0.25) is 0 Å². The lowest BCUT2D eigenvalue weighted by Crippen LogP contribution is -1.96. The van der Waals surface area contributed by atoms with Crippen LogP contribution in [0.3, 0.4) is 0 Å². The van der Waals surface area contributed by atoms with E-state index in [0.717, 1.165) is 5.56 Å². The predicted octanol–water partition coefficient (Wildman–Crippen LogP) is 3.09. The lowest BCUT2D eigenvalue weighted by atomic mass is 10.2. The molecule has 0 aliphatic carbocycles. The predicted molar refractivity (Wildman–Crippen MR) is 81.1 cm³/mol. The van der Waals surface area contributed by atoms with Gasteiger partial charge in [-0.15, -0.1) is 0 Å². The quantitative estimate of drug-likeness (QED) is 0.594. The highest BCUT2D eigenvalue weighted by atomic mass is 32.1. The second kappa shape index (κ2) is 5.76. The van der Waals surface area contributed by atoms with E-state index in [2.05, 4.69) is 15.3 Å². The number of aromatic amines is 1. The summed E-state index contributed by atoms with van der Waals surface area (Å²) in [6.45, 7) is 0. The molecule has 6 nitrogen and oxygen atoms in total. The molecule has 0 bridgehead atoms. The Hall–Kier alpha value is -2.67. The Morgan fingerprint density at radius 2 is 2.19 bits per heavy atom. The number of hydrogen-bond donors (Lipinski definition) is 1. The summed E-state index contributed by atoms with van der Waals surface area (Å²) in [5, 5.41) is 11.3. The van der Waals surface area contributed by atoms with Crippen molar-refractivity contribution in [2.24, 2.45) is 5.10 Å². The fraction of sp³-hybridized carbons (Fsp3) is 0.0714. The van der Waals surface area contributed by atoms with E-state index in [0.29, 0.717) is 22.1 Å². The van der Waals surface area contributed by atoms with Gasteiger partial charge in [-0.1, -0.05) is 12.1 Å². The first kappa shape index (κ1) is 13.3. The van der Waals surface area contributed by atoms with Gasteiger partial charge in [0.2, 0.25) is 4.77 Å². The summed E-state index contributed by atoms with van der Waals surface area (Å²) in [7, 11) is 1.61. The molecule has 1 N–H and O–H groups in total. The minimum Gasteiger partial charge on any atom is -0.496 e. The van der Waals surface area contributed by atoms with Gasteiger partial charge < -0.3 is 9.15 Å². The van der Waals surface area contributed by atoms with E-state index in [4.69, 9.17) is 21.4 Å². The van der Waals surface area contributed by atoms with Crippen LogP contribution in [0.2, 0.25) is 0 Å². The van der Waals surface area contributed by atoms with Crippen LogP contribution >= 0.6 is 12.2 Å². The van der Waals surface area contributed by atoms with Gasteiger partial charge in [0.1, 0.15) is 11.5 Å². The number of aromatic nitrogens is 3. The lowest BCUT2D eigenvalue weighted by molar-refractivity contribution is 0.416. The largest absolute Gasteiger partial charge is 0.496 e. The molecule has 21 heavy (non-hydrogen) atoms. The van der Waals surface area contributed by atoms with Crippen molar-refractivity contribution in [3.8, 4) is 17.1 Å². The topological polar surface area (TPSA) is 68.3 Å². The van der Waals surface area contributed by atoms with Gasteiger partial charge in [0.25, 0.3) is 0 Å². The summed E-state index contributed by atoms with van der Waals surface area (Å²) in [4.78, 5) is 0. The monoisotopic (exact) mass is 300 g/mol. The first-order valence-electron chi connectivity index (χ1n) is 6.18. The highest BCUT2D eigenvalue weighted by Gasteiger charge is 2.12. The third kappa shape index (κ3) is 2.63. The van der Waals surface area contributed by atoms with Gasteiger partial charge in [-0.2, -0.15) is 14.9 Å². The zero-order chi connectivity index (χ0) is 14.7. The maximum atomic E-state index is 5.34. The molecule has 0 saturated carbocycles. The number of H-pyrrole nitrogens is 1. The number of nitrogens with zero attached hydrogens (tertiary/aromatic N) is 3. The maximum absolute atomic E-state index is 5.34. The Labute approximate surface area is 125 Å². The van der Waals surface area contributed by atoms with Crippen molar-refractivity contribution in [3.63, 3.8) is 0 Å². The summed E-state index contributed by atoms with van der Waals surface area (Å²) in [5.41, 5.74) is 0.795. The Morgan fingerprint density at radius 3 is 2.95 bits per heavy atom. The van der Waals surface area contributed by atoms with Crippen molar-refractivity contribution in [1.29, 1.82) is 0 Å².